The van der Waals surface area contributed by atoms with E-state index in [2.05, 4.69) is 13.8 Å². The zero-order chi connectivity index (χ0) is 25.4. The first kappa shape index (κ1) is 25.5. The highest BCUT2D eigenvalue weighted by molar-refractivity contribution is 7.11. The average molecular weight is 515 g/mol. The molecule has 2 heterocycles. The largest absolute Gasteiger partial charge is 0.497 e. The monoisotopic (exact) mass is 514 g/mol. The molecule has 7 nitrogen and oxygen atoms in total. The predicted octanol–water partition coefficient (Wildman–Crippen LogP) is 4.28. The Morgan fingerprint density at radius 2 is 1.97 bits per heavy atom. The van der Waals surface area contributed by atoms with E-state index >= 15 is 0 Å². The number of hydrogen-bond donors (Lipinski definition) is 1. The number of nitrogens with zero attached hydrogens (tertiary/aromatic N) is 2. The number of benzene rings is 1. The summed E-state index contributed by atoms with van der Waals surface area (Å²) in [6.45, 7) is 9.44. The van der Waals surface area contributed by atoms with E-state index in [-0.39, 0.29) is 35.0 Å². The third-order valence-corrected chi connectivity index (χ3v) is 9.79. The lowest BCUT2D eigenvalue weighted by atomic mass is 9.53. The van der Waals surface area contributed by atoms with Crippen molar-refractivity contribution in [3.05, 3.63) is 39.8 Å². The number of rotatable bonds is 6. The minimum absolute atomic E-state index is 0.00467. The Hall–Kier alpha value is -2.16. The highest BCUT2D eigenvalue weighted by Crippen LogP contribution is 2.57. The van der Waals surface area contributed by atoms with Crippen LogP contribution in [0, 0.1) is 23.2 Å². The van der Waals surface area contributed by atoms with Crippen molar-refractivity contribution in [2.24, 2.45) is 23.2 Å². The van der Waals surface area contributed by atoms with Crippen LogP contribution in [-0.4, -0.2) is 60.4 Å². The second-order valence-electron chi connectivity index (χ2n) is 10.9. The summed E-state index contributed by atoms with van der Waals surface area (Å²) in [5.41, 5.74) is 1.10. The molecule has 1 aromatic heterocycles. The molecule has 1 saturated carbocycles. The van der Waals surface area contributed by atoms with Crippen LogP contribution in [-0.2, 0) is 22.6 Å². The number of aliphatic hydroxyl groups is 1. The van der Waals surface area contributed by atoms with Gasteiger partial charge in [0, 0.05) is 29.8 Å². The van der Waals surface area contributed by atoms with Gasteiger partial charge in [-0.3, -0.25) is 4.79 Å². The van der Waals surface area contributed by atoms with Gasteiger partial charge in [0.2, 0.25) is 5.91 Å². The zero-order valence-electron chi connectivity index (χ0n) is 21.7. The van der Waals surface area contributed by atoms with Gasteiger partial charge in [-0.25, -0.2) is 4.98 Å². The van der Waals surface area contributed by atoms with E-state index < -0.39 is 6.10 Å². The molecule has 1 saturated heterocycles. The van der Waals surface area contributed by atoms with Crippen LogP contribution in [0.5, 0.6) is 11.5 Å². The number of aliphatic hydroxyl groups excluding tert-OH is 1. The molecular weight excluding hydrogens is 476 g/mol. The first-order chi connectivity index (χ1) is 17.3. The molecule has 36 heavy (non-hydrogen) atoms. The molecule has 6 atom stereocenters. The minimum atomic E-state index is -0.521. The SMILES string of the molecule is COc1ccc(OCc2nc3c(s2)C[C@]2(C)CC[C@H]([C@H](C)C(=O)N4CCOCC4)[C@H](O)[C@H]2[C@@H]3C)cc1. The van der Waals surface area contributed by atoms with E-state index in [1.807, 2.05) is 36.1 Å². The van der Waals surface area contributed by atoms with Gasteiger partial charge in [-0.2, -0.15) is 0 Å². The van der Waals surface area contributed by atoms with Gasteiger partial charge in [0.1, 0.15) is 23.1 Å². The third kappa shape index (κ3) is 4.75. The Balaban J connectivity index is 1.30. The third-order valence-electron chi connectivity index (χ3n) is 8.74. The molecular formula is C28H38N2O5S. The number of ether oxygens (including phenoxy) is 3. The molecule has 0 spiro atoms. The molecule has 1 N–H and O–H groups in total. The van der Waals surface area contributed by atoms with Crippen LogP contribution in [0.3, 0.4) is 0 Å². The summed E-state index contributed by atoms with van der Waals surface area (Å²) in [5.74, 6) is 1.74. The van der Waals surface area contributed by atoms with E-state index in [4.69, 9.17) is 19.2 Å². The van der Waals surface area contributed by atoms with Crippen LogP contribution in [0.25, 0.3) is 0 Å². The molecule has 0 bridgehead atoms. The smallest absolute Gasteiger partial charge is 0.225 e. The molecule has 1 aliphatic heterocycles. The normalized spacial score (nSPS) is 30.8. The number of amides is 1. The van der Waals surface area contributed by atoms with Crippen molar-refractivity contribution in [1.29, 1.82) is 0 Å². The summed E-state index contributed by atoms with van der Waals surface area (Å²) in [6, 6.07) is 7.58. The summed E-state index contributed by atoms with van der Waals surface area (Å²) in [4.78, 5) is 21.4. The number of methoxy groups -OCH3 is 1. The first-order valence-corrected chi connectivity index (χ1v) is 13.9. The summed E-state index contributed by atoms with van der Waals surface area (Å²) in [7, 11) is 1.65. The van der Waals surface area contributed by atoms with Gasteiger partial charge in [-0.15, -0.1) is 11.3 Å². The summed E-state index contributed by atoms with van der Waals surface area (Å²) >= 11 is 1.74. The fourth-order valence-corrected chi connectivity index (χ4v) is 8.01. The van der Waals surface area contributed by atoms with Crippen molar-refractivity contribution in [1.82, 2.24) is 9.88 Å². The quantitative estimate of drug-likeness (QED) is 0.620. The number of carbonyl (C=O) groups is 1. The van der Waals surface area contributed by atoms with Gasteiger partial charge in [-0.1, -0.05) is 20.8 Å². The van der Waals surface area contributed by atoms with Crippen molar-refractivity contribution in [2.75, 3.05) is 33.4 Å². The van der Waals surface area contributed by atoms with Gasteiger partial charge in [0.15, 0.2) is 0 Å². The standard InChI is InChI=1S/C28H38N2O5S/c1-17(27(32)30-11-13-34-14-12-30)21-9-10-28(3)15-22-25(18(2)24(28)26(21)31)29-23(36-22)16-35-20-7-5-19(33-4)6-8-20/h5-8,17-18,21,24,26,31H,9-16H2,1-4H3/t17-,18-,21+,24+,26-,28-/m0/s1. The van der Waals surface area contributed by atoms with E-state index in [9.17, 15) is 9.90 Å². The molecule has 1 amide bonds. The molecule has 2 aliphatic carbocycles. The van der Waals surface area contributed by atoms with E-state index in [1.54, 1.807) is 18.4 Å². The lowest BCUT2D eigenvalue weighted by Crippen LogP contribution is -2.54. The minimum Gasteiger partial charge on any atom is -0.497 e. The first-order valence-electron chi connectivity index (χ1n) is 13.1. The molecule has 0 unspecified atom stereocenters. The molecule has 196 valence electrons. The Kier molecular flexibility index (Phi) is 7.30. The maximum atomic E-state index is 13.2. The number of fused-ring (bicyclic) bond motifs is 2. The molecule has 2 aromatic rings. The predicted molar refractivity (Wildman–Crippen MR) is 138 cm³/mol. The number of morpholine rings is 1. The van der Waals surface area contributed by atoms with Crippen LogP contribution in [0.4, 0.5) is 0 Å². The fraction of sp³-hybridized carbons (Fsp3) is 0.643. The van der Waals surface area contributed by atoms with Crippen LogP contribution in [0.1, 0.15) is 55.1 Å². The molecule has 2 fully saturated rings. The highest BCUT2D eigenvalue weighted by Gasteiger charge is 2.54. The fourth-order valence-electron chi connectivity index (χ4n) is 6.73. The van der Waals surface area contributed by atoms with Gasteiger partial charge in [-0.05, 0) is 60.8 Å². The maximum absolute atomic E-state index is 13.2. The lowest BCUT2D eigenvalue weighted by molar-refractivity contribution is -0.148. The van der Waals surface area contributed by atoms with E-state index in [0.29, 0.717) is 32.9 Å². The van der Waals surface area contributed by atoms with E-state index in [1.165, 1.54) is 4.88 Å². The Morgan fingerprint density at radius 1 is 1.28 bits per heavy atom. The number of thiazole rings is 1. The van der Waals surface area contributed by atoms with Crippen molar-refractivity contribution in [3.63, 3.8) is 0 Å². The van der Waals surface area contributed by atoms with E-state index in [0.717, 1.165) is 41.5 Å². The molecule has 5 rings (SSSR count). The number of hydrogen-bond acceptors (Lipinski definition) is 7. The maximum Gasteiger partial charge on any atom is 0.225 e. The van der Waals surface area contributed by atoms with Gasteiger partial charge < -0.3 is 24.2 Å². The van der Waals surface area contributed by atoms with Crippen LogP contribution in [0.2, 0.25) is 0 Å². The van der Waals surface area contributed by atoms with Crippen LogP contribution in [0.15, 0.2) is 24.3 Å². The van der Waals surface area contributed by atoms with Crippen molar-refractivity contribution in [2.45, 2.75) is 58.7 Å². The number of aromatic nitrogens is 1. The average Bonchev–Trinajstić information content (AvgIpc) is 3.30. The van der Waals surface area contributed by atoms with Crippen molar-refractivity contribution < 1.29 is 24.1 Å². The molecule has 3 aliphatic rings. The van der Waals surface area contributed by atoms with Crippen molar-refractivity contribution >= 4 is 17.2 Å². The lowest BCUT2D eigenvalue weighted by Gasteiger charge is -2.53. The zero-order valence-corrected chi connectivity index (χ0v) is 22.6. The topological polar surface area (TPSA) is 81.1 Å². The second kappa shape index (κ2) is 10.3. The Bertz CT molecular complexity index is 1070. The summed E-state index contributed by atoms with van der Waals surface area (Å²) in [6.07, 6.45) is 2.29. The Labute approximate surface area is 217 Å². The highest BCUT2D eigenvalue weighted by atomic mass is 32.1. The van der Waals surface area contributed by atoms with Crippen molar-refractivity contribution in [3.8, 4) is 11.5 Å². The van der Waals surface area contributed by atoms with Gasteiger partial charge in [0.25, 0.3) is 0 Å². The van der Waals surface area contributed by atoms with Crippen LogP contribution >= 0.6 is 11.3 Å². The second-order valence-corrected chi connectivity index (χ2v) is 12.1. The summed E-state index contributed by atoms with van der Waals surface area (Å²) < 4.78 is 16.6. The van der Waals surface area contributed by atoms with Gasteiger partial charge >= 0.3 is 0 Å². The number of carbonyl (C=O) groups excluding carboxylic acids is 1. The van der Waals surface area contributed by atoms with Gasteiger partial charge in [0.05, 0.1) is 32.1 Å². The molecule has 8 heteroatoms. The van der Waals surface area contributed by atoms with Crippen LogP contribution < -0.4 is 9.47 Å². The molecule has 0 radical (unpaired) electrons. The summed E-state index contributed by atoms with van der Waals surface area (Å²) in [5, 5.41) is 12.7. The molecule has 1 aromatic carbocycles. The Morgan fingerprint density at radius 3 is 2.67 bits per heavy atom.